The number of aryl methyl sites for hydroxylation is 1. The van der Waals surface area contributed by atoms with Gasteiger partial charge in [0.25, 0.3) is 0 Å². The summed E-state index contributed by atoms with van der Waals surface area (Å²) in [5.41, 5.74) is 1.97. The maximum Gasteiger partial charge on any atom is 0.0732 e. The van der Waals surface area contributed by atoms with Crippen molar-refractivity contribution in [2.75, 3.05) is 7.05 Å². The molecule has 1 heterocycles. The molecule has 3 heteroatoms. The Morgan fingerprint density at radius 3 is 2.83 bits per heavy atom. The molecule has 1 aromatic heterocycles. The Bertz CT molecular complexity index is 424. The van der Waals surface area contributed by atoms with Crippen molar-refractivity contribution in [1.29, 1.82) is 0 Å². The van der Waals surface area contributed by atoms with Crippen LogP contribution in [0.1, 0.15) is 49.3 Å². The van der Waals surface area contributed by atoms with Crippen LogP contribution < -0.4 is 5.32 Å². The Morgan fingerprint density at radius 2 is 2.11 bits per heavy atom. The predicted octanol–water partition coefficient (Wildman–Crippen LogP) is 2.00. The molecule has 0 amide bonds. The van der Waals surface area contributed by atoms with Crippen LogP contribution in [0.3, 0.4) is 0 Å². The molecule has 2 aliphatic rings. The summed E-state index contributed by atoms with van der Waals surface area (Å²) in [6.07, 6.45) is 7.95. The highest BCUT2D eigenvalue weighted by Gasteiger charge is 2.43. The standard InChI is InChI=1S/C15H22N2O/c1-16-12-6-8-15(18,9-7-12)13-5-4-11-3-2-10-17-14(11)13/h2-3,10,12-13,16,18H,4-9H2,1H3. The van der Waals surface area contributed by atoms with Crippen LogP contribution in [0, 0.1) is 0 Å². The van der Waals surface area contributed by atoms with E-state index in [-0.39, 0.29) is 5.92 Å². The van der Waals surface area contributed by atoms with Gasteiger partial charge in [0.2, 0.25) is 0 Å². The normalized spacial score (nSPS) is 35.4. The van der Waals surface area contributed by atoms with Gasteiger partial charge in [-0.15, -0.1) is 0 Å². The average molecular weight is 246 g/mol. The van der Waals surface area contributed by atoms with Gasteiger partial charge in [-0.3, -0.25) is 4.98 Å². The summed E-state index contributed by atoms with van der Waals surface area (Å²) in [6.45, 7) is 0. The van der Waals surface area contributed by atoms with Gasteiger partial charge in [0.05, 0.1) is 5.60 Å². The lowest BCUT2D eigenvalue weighted by Crippen LogP contribution is -2.43. The zero-order valence-electron chi connectivity index (χ0n) is 11.0. The summed E-state index contributed by atoms with van der Waals surface area (Å²) < 4.78 is 0. The molecule has 1 fully saturated rings. The number of aromatic nitrogens is 1. The van der Waals surface area contributed by atoms with Gasteiger partial charge in [-0.25, -0.2) is 0 Å². The fourth-order valence-electron chi connectivity index (χ4n) is 3.69. The van der Waals surface area contributed by atoms with Gasteiger partial charge in [0, 0.05) is 23.9 Å². The molecule has 3 rings (SSSR count). The summed E-state index contributed by atoms with van der Waals surface area (Å²) in [4.78, 5) is 4.52. The van der Waals surface area contributed by atoms with E-state index in [1.807, 2.05) is 19.3 Å². The molecule has 98 valence electrons. The fourth-order valence-corrected chi connectivity index (χ4v) is 3.69. The first-order valence-electron chi connectivity index (χ1n) is 7.06. The number of rotatable bonds is 2. The fraction of sp³-hybridized carbons (Fsp3) is 0.667. The van der Waals surface area contributed by atoms with Crippen LogP contribution >= 0.6 is 0 Å². The molecule has 3 nitrogen and oxygen atoms in total. The number of aliphatic hydroxyl groups is 1. The Kier molecular flexibility index (Phi) is 3.12. The highest BCUT2D eigenvalue weighted by Crippen LogP contribution is 2.45. The third-order valence-electron chi connectivity index (χ3n) is 4.87. The quantitative estimate of drug-likeness (QED) is 0.839. The third kappa shape index (κ3) is 1.95. The molecule has 1 saturated carbocycles. The number of hydrogen-bond acceptors (Lipinski definition) is 3. The minimum absolute atomic E-state index is 0.256. The highest BCUT2D eigenvalue weighted by atomic mass is 16.3. The van der Waals surface area contributed by atoms with E-state index in [0.717, 1.165) is 44.2 Å². The monoisotopic (exact) mass is 246 g/mol. The minimum atomic E-state index is -0.521. The Labute approximate surface area is 109 Å². The maximum absolute atomic E-state index is 11.0. The van der Waals surface area contributed by atoms with Crippen molar-refractivity contribution in [2.24, 2.45) is 0 Å². The summed E-state index contributed by atoms with van der Waals surface area (Å²) in [6, 6.07) is 4.74. The number of pyridine rings is 1. The van der Waals surface area contributed by atoms with Crippen LogP contribution in [0.2, 0.25) is 0 Å². The molecule has 0 saturated heterocycles. The van der Waals surface area contributed by atoms with E-state index < -0.39 is 5.60 Å². The summed E-state index contributed by atoms with van der Waals surface area (Å²) in [7, 11) is 2.02. The van der Waals surface area contributed by atoms with Crippen molar-refractivity contribution in [2.45, 2.75) is 56.1 Å². The zero-order chi connectivity index (χ0) is 12.6. The minimum Gasteiger partial charge on any atom is -0.389 e. The second-order valence-electron chi connectivity index (χ2n) is 5.81. The van der Waals surface area contributed by atoms with E-state index in [0.29, 0.717) is 6.04 Å². The van der Waals surface area contributed by atoms with Gasteiger partial charge in [-0.1, -0.05) is 6.07 Å². The second-order valence-corrected chi connectivity index (χ2v) is 5.81. The molecule has 2 N–H and O–H groups in total. The van der Waals surface area contributed by atoms with Crippen LogP contribution in [0.15, 0.2) is 18.3 Å². The topological polar surface area (TPSA) is 45.1 Å². The van der Waals surface area contributed by atoms with Crippen LogP contribution in [0.25, 0.3) is 0 Å². The smallest absolute Gasteiger partial charge is 0.0732 e. The Hall–Kier alpha value is -0.930. The van der Waals surface area contributed by atoms with Gasteiger partial charge in [0.15, 0.2) is 0 Å². The average Bonchev–Trinajstić information content (AvgIpc) is 2.84. The molecule has 0 spiro atoms. The highest BCUT2D eigenvalue weighted by molar-refractivity contribution is 5.31. The molecule has 0 aromatic carbocycles. The molecular weight excluding hydrogens is 224 g/mol. The summed E-state index contributed by atoms with van der Waals surface area (Å²) in [5.74, 6) is 0.256. The molecule has 0 bridgehead atoms. The van der Waals surface area contributed by atoms with Gasteiger partial charge in [-0.2, -0.15) is 0 Å². The molecule has 18 heavy (non-hydrogen) atoms. The van der Waals surface area contributed by atoms with Crippen molar-refractivity contribution < 1.29 is 5.11 Å². The first kappa shape index (κ1) is 12.1. The van der Waals surface area contributed by atoms with E-state index in [4.69, 9.17) is 0 Å². The predicted molar refractivity (Wildman–Crippen MR) is 71.6 cm³/mol. The largest absolute Gasteiger partial charge is 0.389 e. The van der Waals surface area contributed by atoms with E-state index in [1.165, 1.54) is 5.56 Å². The number of nitrogens with one attached hydrogen (secondary N) is 1. The van der Waals surface area contributed by atoms with Gasteiger partial charge in [-0.05, 0) is 57.2 Å². The van der Waals surface area contributed by atoms with Gasteiger partial charge < -0.3 is 10.4 Å². The van der Waals surface area contributed by atoms with Crippen LogP contribution in [-0.4, -0.2) is 28.8 Å². The van der Waals surface area contributed by atoms with E-state index >= 15 is 0 Å². The molecular formula is C15H22N2O. The first-order valence-corrected chi connectivity index (χ1v) is 7.06. The van der Waals surface area contributed by atoms with Gasteiger partial charge in [0.1, 0.15) is 0 Å². The maximum atomic E-state index is 11.0. The van der Waals surface area contributed by atoms with E-state index in [9.17, 15) is 5.11 Å². The van der Waals surface area contributed by atoms with E-state index in [1.54, 1.807) is 0 Å². The van der Waals surface area contributed by atoms with Crippen LogP contribution in [-0.2, 0) is 6.42 Å². The SMILES string of the molecule is CNC1CCC(O)(C2CCc3cccnc32)CC1. The number of nitrogens with zero attached hydrogens (tertiary/aromatic N) is 1. The second kappa shape index (κ2) is 4.63. The van der Waals surface area contributed by atoms with Gasteiger partial charge >= 0.3 is 0 Å². The molecule has 2 aliphatic carbocycles. The lowest BCUT2D eigenvalue weighted by Gasteiger charge is -2.40. The summed E-state index contributed by atoms with van der Waals surface area (Å²) >= 11 is 0. The zero-order valence-corrected chi connectivity index (χ0v) is 11.0. The van der Waals surface area contributed by atoms with Crippen molar-refractivity contribution >= 4 is 0 Å². The number of fused-ring (bicyclic) bond motifs is 1. The first-order chi connectivity index (χ1) is 8.73. The van der Waals surface area contributed by atoms with Crippen molar-refractivity contribution in [3.8, 4) is 0 Å². The lowest BCUT2D eigenvalue weighted by molar-refractivity contribution is -0.0282. The molecule has 1 unspecified atom stereocenters. The lowest BCUT2D eigenvalue weighted by atomic mass is 9.73. The molecule has 1 atom stereocenters. The number of hydrogen-bond donors (Lipinski definition) is 2. The van der Waals surface area contributed by atoms with Crippen molar-refractivity contribution in [1.82, 2.24) is 10.3 Å². The summed E-state index contributed by atoms with van der Waals surface area (Å²) in [5, 5.41) is 14.3. The molecule has 0 radical (unpaired) electrons. The Morgan fingerprint density at radius 1 is 1.33 bits per heavy atom. The van der Waals surface area contributed by atoms with Crippen LogP contribution in [0.4, 0.5) is 0 Å². The third-order valence-corrected chi connectivity index (χ3v) is 4.87. The van der Waals surface area contributed by atoms with E-state index in [2.05, 4.69) is 16.4 Å². The van der Waals surface area contributed by atoms with Crippen molar-refractivity contribution in [3.05, 3.63) is 29.6 Å². The van der Waals surface area contributed by atoms with Crippen molar-refractivity contribution in [3.63, 3.8) is 0 Å². The molecule has 0 aliphatic heterocycles. The Balaban J connectivity index is 1.80. The molecule has 1 aromatic rings. The van der Waals surface area contributed by atoms with Crippen LogP contribution in [0.5, 0.6) is 0 Å².